The largest absolute Gasteiger partial charge is 0.497 e. The summed E-state index contributed by atoms with van der Waals surface area (Å²) >= 11 is 6.37. The van der Waals surface area contributed by atoms with Gasteiger partial charge in [-0.05, 0) is 55.0 Å². The molecule has 10 heteroatoms. The van der Waals surface area contributed by atoms with Crippen LogP contribution in [0.3, 0.4) is 0 Å². The maximum Gasteiger partial charge on any atom is 0.328 e. The van der Waals surface area contributed by atoms with Crippen molar-refractivity contribution >= 4 is 35.5 Å². The van der Waals surface area contributed by atoms with Crippen molar-refractivity contribution in [2.24, 2.45) is 0 Å². The van der Waals surface area contributed by atoms with Gasteiger partial charge in [0.2, 0.25) is 0 Å². The SMILES string of the molecule is CCOc1cc(C=C2C(=O)NC(=O)NC2=O)cc(Cl)c1OCCOc1ccc(OC)cc1. The Morgan fingerprint density at radius 1 is 0.906 bits per heavy atom. The number of carbonyl (C=O) groups is 3. The van der Waals surface area contributed by atoms with Gasteiger partial charge in [-0.1, -0.05) is 11.6 Å². The van der Waals surface area contributed by atoms with Gasteiger partial charge in [0.1, 0.15) is 30.3 Å². The fraction of sp³-hybridized carbons (Fsp3) is 0.227. The van der Waals surface area contributed by atoms with Gasteiger partial charge in [0.25, 0.3) is 11.8 Å². The van der Waals surface area contributed by atoms with Gasteiger partial charge in [-0.25, -0.2) is 4.79 Å². The molecule has 0 saturated carbocycles. The molecule has 0 aliphatic carbocycles. The normalized spacial score (nSPS) is 13.2. The van der Waals surface area contributed by atoms with Gasteiger partial charge < -0.3 is 18.9 Å². The molecule has 2 aromatic rings. The molecule has 0 spiro atoms. The topological polar surface area (TPSA) is 112 Å². The second-order valence-electron chi connectivity index (χ2n) is 6.43. The standard InChI is InChI=1S/C22H21ClN2O7/c1-3-30-18-12-13(10-16-20(26)24-22(28)25-21(16)27)11-17(23)19(18)32-9-8-31-15-6-4-14(29-2)5-7-15/h4-7,10-12H,3,8-9H2,1-2H3,(H2,24,25,26,27,28). The Kier molecular flexibility index (Phi) is 7.56. The van der Waals surface area contributed by atoms with E-state index in [-0.39, 0.29) is 23.8 Å². The van der Waals surface area contributed by atoms with Crippen LogP contribution in [0.25, 0.3) is 6.08 Å². The first kappa shape index (κ1) is 23.0. The van der Waals surface area contributed by atoms with Crippen LogP contribution in [0.2, 0.25) is 5.02 Å². The third-order valence-electron chi connectivity index (χ3n) is 4.24. The molecule has 1 aliphatic heterocycles. The number of imide groups is 2. The summed E-state index contributed by atoms with van der Waals surface area (Å²) in [7, 11) is 1.59. The highest BCUT2D eigenvalue weighted by Crippen LogP contribution is 2.37. The number of barbiturate groups is 1. The summed E-state index contributed by atoms with van der Waals surface area (Å²) in [5.74, 6) is 0.431. The first-order valence-electron chi connectivity index (χ1n) is 9.65. The van der Waals surface area contributed by atoms with Crippen LogP contribution in [0.15, 0.2) is 42.0 Å². The molecule has 1 heterocycles. The van der Waals surface area contributed by atoms with Crippen molar-refractivity contribution in [3.63, 3.8) is 0 Å². The number of benzene rings is 2. The fourth-order valence-corrected chi connectivity index (χ4v) is 3.10. The monoisotopic (exact) mass is 460 g/mol. The van der Waals surface area contributed by atoms with Crippen LogP contribution >= 0.6 is 11.6 Å². The molecule has 0 bridgehead atoms. The van der Waals surface area contributed by atoms with E-state index in [4.69, 9.17) is 30.5 Å². The second-order valence-corrected chi connectivity index (χ2v) is 6.84. The number of halogens is 1. The summed E-state index contributed by atoms with van der Waals surface area (Å²) in [6.07, 6.45) is 1.31. The van der Waals surface area contributed by atoms with E-state index in [1.165, 1.54) is 12.1 Å². The highest BCUT2D eigenvalue weighted by atomic mass is 35.5. The van der Waals surface area contributed by atoms with Gasteiger partial charge in [-0.15, -0.1) is 0 Å². The third-order valence-corrected chi connectivity index (χ3v) is 4.52. The predicted molar refractivity (Wildman–Crippen MR) is 116 cm³/mol. The highest BCUT2D eigenvalue weighted by molar-refractivity contribution is 6.33. The lowest BCUT2D eigenvalue weighted by molar-refractivity contribution is -0.123. The van der Waals surface area contributed by atoms with Gasteiger partial charge in [0.15, 0.2) is 11.5 Å². The lowest BCUT2D eigenvalue weighted by Gasteiger charge is -2.16. The van der Waals surface area contributed by atoms with E-state index in [0.29, 0.717) is 29.4 Å². The van der Waals surface area contributed by atoms with Crippen molar-refractivity contribution in [3.8, 4) is 23.0 Å². The van der Waals surface area contributed by atoms with Crippen molar-refractivity contribution in [1.82, 2.24) is 10.6 Å². The average Bonchev–Trinajstić information content (AvgIpc) is 2.75. The second kappa shape index (κ2) is 10.5. The van der Waals surface area contributed by atoms with Crippen LogP contribution < -0.4 is 29.6 Å². The van der Waals surface area contributed by atoms with E-state index < -0.39 is 17.8 Å². The molecule has 32 heavy (non-hydrogen) atoms. The Hall–Kier alpha value is -3.72. The maximum absolute atomic E-state index is 11.9. The Labute approximate surface area is 189 Å². The number of methoxy groups -OCH3 is 1. The van der Waals surface area contributed by atoms with E-state index in [1.807, 2.05) is 10.6 Å². The molecule has 168 valence electrons. The van der Waals surface area contributed by atoms with E-state index in [2.05, 4.69) is 0 Å². The van der Waals surface area contributed by atoms with Crippen molar-refractivity contribution in [2.75, 3.05) is 26.9 Å². The number of hydrogen-bond donors (Lipinski definition) is 2. The zero-order valence-corrected chi connectivity index (χ0v) is 18.2. The Morgan fingerprint density at radius 2 is 1.53 bits per heavy atom. The van der Waals surface area contributed by atoms with Crippen molar-refractivity contribution in [3.05, 3.63) is 52.6 Å². The van der Waals surface area contributed by atoms with Crippen LogP contribution in [0.4, 0.5) is 4.79 Å². The molecule has 0 radical (unpaired) electrons. The smallest absolute Gasteiger partial charge is 0.328 e. The molecule has 2 N–H and O–H groups in total. The van der Waals surface area contributed by atoms with Crippen molar-refractivity contribution in [1.29, 1.82) is 0 Å². The molecule has 1 saturated heterocycles. The van der Waals surface area contributed by atoms with E-state index >= 15 is 0 Å². The van der Waals surface area contributed by atoms with Crippen LogP contribution in [0.5, 0.6) is 23.0 Å². The zero-order chi connectivity index (χ0) is 23.1. The minimum absolute atomic E-state index is 0.194. The molecule has 9 nitrogen and oxygen atoms in total. The van der Waals surface area contributed by atoms with E-state index in [9.17, 15) is 14.4 Å². The number of urea groups is 1. The van der Waals surface area contributed by atoms with Crippen LogP contribution in [-0.2, 0) is 9.59 Å². The van der Waals surface area contributed by atoms with Crippen LogP contribution in [0.1, 0.15) is 12.5 Å². The average molecular weight is 461 g/mol. The summed E-state index contributed by atoms with van der Waals surface area (Å²) in [4.78, 5) is 35.1. The van der Waals surface area contributed by atoms with E-state index in [0.717, 1.165) is 5.75 Å². The number of nitrogens with one attached hydrogen (secondary N) is 2. The van der Waals surface area contributed by atoms with Crippen LogP contribution in [0, 0.1) is 0 Å². The molecule has 0 atom stereocenters. The molecule has 3 rings (SSSR count). The number of ether oxygens (including phenoxy) is 4. The van der Waals surface area contributed by atoms with Gasteiger partial charge in [-0.2, -0.15) is 0 Å². The Morgan fingerprint density at radius 3 is 2.16 bits per heavy atom. The van der Waals surface area contributed by atoms with Crippen molar-refractivity contribution < 1.29 is 33.3 Å². The summed E-state index contributed by atoms with van der Waals surface area (Å²) in [5, 5.41) is 4.25. The molecular weight excluding hydrogens is 440 g/mol. The number of rotatable bonds is 9. The summed E-state index contributed by atoms with van der Waals surface area (Å²) in [5.41, 5.74) is 0.194. The third kappa shape index (κ3) is 5.70. The zero-order valence-electron chi connectivity index (χ0n) is 17.4. The first-order chi connectivity index (χ1) is 15.4. The fourth-order valence-electron chi connectivity index (χ4n) is 2.82. The predicted octanol–water partition coefficient (Wildman–Crippen LogP) is 2.95. The number of hydrogen-bond acceptors (Lipinski definition) is 7. The first-order valence-corrected chi connectivity index (χ1v) is 10.0. The summed E-state index contributed by atoms with van der Waals surface area (Å²) in [6.45, 7) is 2.58. The maximum atomic E-state index is 11.9. The van der Waals surface area contributed by atoms with Gasteiger partial charge >= 0.3 is 6.03 Å². The minimum Gasteiger partial charge on any atom is -0.497 e. The number of carbonyl (C=O) groups excluding carboxylic acids is 3. The molecule has 2 aromatic carbocycles. The molecule has 1 fully saturated rings. The van der Waals surface area contributed by atoms with Crippen LogP contribution in [-0.4, -0.2) is 44.8 Å². The summed E-state index contributed by atoms with van der Waals surface area (Å²) < 4.78 is 22.1. The number of amides is 4. The quantitative estimate of drug-likeness (QED) is 0.336. The Bertz CT molecular complexity index is 1030. The highest BCUT2D eigenvalue weighted by Gasteiger charge is 2.28. The van der Waals surface area contributed by atoms with Gasteiger partial charge in [-0.3, -0.25) is 20.2 Å². The molecule has 0 aromatic heterocycles. The van der Waals surface area contributed by atoms with Gasteiger partial charge in [0.05, 0.1) is 18.7 Å². The van der Waals surface area contributed by atoms with Crippen molar-refractivity contribution in [2.45, 2.75) is 6.92 Å². The molecule has 1 aliphatic rings. The molecule has 4 amide bonds. The van der Waals surface area contributed by atoms with E-state index in [1.54, 1.807) is 44.4 Å². The van der Waals surface area contributed by atoms with Gasteiger partial charge in [0, 0.05) is 0 Å². The molecule has 0 unspecified atom stereocenters. The molecular formula is C22H21ClN2O7. The minimum atomic E-state index is -0.870. The Balaban J connectivity index is 1.71. The summed E-state index contributed by atoms with van der Waals surface area (Å²) in [6, 6.07) is 9.38. The lowest BCUT2D eigenvalue weighted by atomic mass is 10.1. The lowest BCUT2D eigenvalue weighted by Crippen LogP contribution is -2.51.